The van der Waals surface area contributed by atoms with E-state index in [9.17, 15) is 14.0 Å². The number of rotatable bonds is 6. The Morgan fingerprint density at radius 3 is 2.48 bits per heavy atom. The van der Waals surface area contributed by atoms with Crippen molar-refractivity contribution in [2.75, 3.05) is 26.3 Å². The summed E-state index contributed by atoms with van der Waals surface area (Å²) >= 11 is 6.12. The van der Waals surface area contributed by atoms with Crippen LogP contribution in [0.25, 0.3) is 0 Å². The van der Waals surface area contributed by atoms with Gasteiger partial charge in [-0.15, -0.1) is 0 Å². The molecule has 9 heteroatoms. The second kappa shape index (κ2) is 10.9. The van der Waals surface area contributed by atoms with E-state index < -0.39 is 11.7 Å². The highest BCUT2D eigenvalue weighted by molar-refractivity contribution is 6.32. The lowest BCUT2D eigenvalue weighted by atomic mass is 9.90. The first-order valence-corrected chi connectivity index (χ1v) is 11.0. The van der Waals surface area contributed by atoms with Crippen molar-refractivity contribution in [3.63, 3.8) is 0 Å². The van der Waals surface area contributed by atoms with Crippen LogP contribution >= 0.6 is 11.6 Å². The predicted molar refractivity (Wildman–Crippen MR) is 115 cm³/mol. The smallest absolute Gasteiger partial charge is 0.261 e. The van der Waals surface area contributed by atoms with E-state index in [1.807, 2.05) is 13.8 Å². The highest BCUT2D eigenvalue weighted by Gasteiger charge is 2.27. The molecule has 0 saturated carbocycles. The molecule has 7 nitrogen and oxygen atoms in total. The topological polar surface area (TPSA) is 79.9 Å². The van der Waals surface area contributed by atoms with Gasteiger partial charge in [-0.1, -0.05) is 11.6 Å². The fraction of sp³-hybridized carbons (Fsp3) is 0.545. The minimum absolute atomic E-state index is 0.0503. The Kier molecular flexibility index (Phi) is 8.28. The third kappa shape index (κ3) is 6.41. The number of amides is 2. The first kappa shape index (κ1) is 23.5. The summed E-state index contributed by atoms with van der Waals surface area (Å²) in [5.74, 6) is -1.33. The van der Waals surface area contributed by atoms with Crippen LogP contribution in [-0.4, -0.2) is 49.2 Å². The van der Waals surface area contributed by atoms with Gasteiger partial charge in [-0.05, 0) is 45.6 Å². The van der Waals surface area contributed by atoms with Crippen molar-refractivity contribution < 1.29 is 23.5 Å². The van der Waals surface area contributed by atoms with Gasteiger partial charge in [-0.25, -0.2) is 9.40 Å². The Balaban J connectivity index is 1.74. The molecule has 2 N–H and O–H groups in total. The number of ether oxygens (including phenoxy) is 2. The van der Waals surface area contributed by atoms with E-state index in [1.165, 1.54) is 6.26 Å². The predicted octanol–water partition coefficient (Wildman–Crippen LogP) is 3.35. The summed E-state index contributed by atoms with van der Waals surface area (Å²) in [4.78, 5) is 25.8. The van der Waals surface area contributed by atoms with Gasteiger partial charge in [0, 0.05) is 36.2 Å². The van der Waals surface area contributed by atoms with E-state index in [-0.39, 0.29) is 29.2 Å². The molecule has 3 aliphatic rings. The molecular weight excluding hydrogens is 425 g/mol. The molecule has 1 saturated heterocycles. The van der Waals surface area contributed by atoms with Gasteiger partial charge < -0.3 is 14.8 Å². The van der Waals surface area contributed by atoms with Crippen molar-refractivity contribution >= 4 is 23.4 Å². The van der Waals surface area contributed by atoms with Crippen LogP contribution in [0.4, 0.5) is 4.39 Å². The Morgan fingerprint density at radius 2 is 1.84 bits per heavy atom. The van der Waals surface area contributed by atoms with E-state index in [0.29, 0.717) is 55.9 Å². The minimum atomic E-state index is -0.601. The molecule has 2 aliphatic carbocycles. The second-order valence-electron chi connectivity index (χ2n) is 7.98. The maximum atomic E-state index is 14.5. The number of nitrogens with zero attached hydrogens (tertiary/aromatic N) is 1. The molecule has 1 heterocycles. The van der Waals surface area contributed by atoms with Gasteiger partial charge in [0.1, 0.15) is 5.83 Å². The number of halogens is 2. The number of hydrazine groups is 1. The quantitative estimate of drug-likeness (QED) is 0.603. The first-order chi connectivity index (χ1) is 14.8. The lowest BCUT2D eigenvalue weighted by molar-refractivity contribution is -0.125. The molecule has 0 aromatic rings. The molecule has 0 unspecified atom stereocenters. The lowest BCUT2D eigenvalue weighted by Crippen LogP contribution is -2.49. The van der Waals surface area contributed by atoms with Gasteiger partial charge in [0.05, 0.1) is 36.3 Å². The molecule has 0 bridgehead atoms. The Morgan fingerprint density at radius 1 is 1.19 bits per heavy atom. The van der Waals surface area contributed by atoms with Crippen LogP contribution in [0.15, 0.2) is 45.6 Å². The summed E-state index contributed by atoms with van der Waals surface area (Å²) in [5.41, 5.74) is 4.42. The summed E-state index contributed by atoms with van der Waals surface area (Å²) in [5, 5.41) is 4.69. The van der Waals surface area contributed by atoms with E-state index in [2.05, 4.69) is 10.7 Å². The maximum absolute atomic E-state index is 14.5. The first-order valence-electron chi connectivity index (χ1n) is 10.6. The van der Waals surface area contributed by atoms with Crippen LogP contribution < -0.4 is 10.7 Å². The molecule has 0 atom stereocenters. The Bertz CT molecular complexity index is 842. The molecule has 31 heavy (non-hydrogen) atoms. The van der Waals surface area contributed by atoms with Gasteiger partial charge >= 0.3 is 0 Å². The average Bonchev–Trinajstić information content (AvgIpc) is 2.75. The SMILES string of the molecule is CC(C)OC=C1CC(NC(=O)C2=C(C(=O)NN3CCOCC3)CCCC2)=C(F)C=C1Cl. The number of hydrogen-bond acceptors (Lipinski definition) is 5. The van der Waals surface area contributed by atoms with Crippen LogP contribution in [-0.2, 0) is 19.1 Å². The minimum Gasteiger partial charge on any atom is -0.498 e. The van der Waals surface area contributed by atoms with Crippen LogP contribution in [0.1, 0.15) is 46.0 Å². The van der Waals surface area contributed by atoms with Crippen molar-refractivity contribution in [1.82, 2.24) is 15.8 Å². The van der Waals surface area contributed by atoms with E-state index >= 15 is 0 Å². The van der Waals surface area contributed by atoms with Crippen molar-refractivity contribution in [2.24, 2.45) is 0 Å². The molecule has 1 fully saturated rings. The molecule has 0 spiro atoms. The zero-order valence-corrected chi connectivity index (χ0v) is 18.7. The van der Waals surface area contributed by atoms with Gasteiger partial charge in [0.15, 0.2) is 0 Å². The lowest BCUT2D eigenvalue weighted by Gasteiger charge is -2.28. The molecule has 1 aliphatic heterocycles. The fourth-order valence-electron chi connectivity index (χ4n) is 3.58. The standard InChI is InChI=1S/C22H29ClFN3O4/c1-14(2)31-13-15-11-20(19(24)12-18(15)23)25-21(28)16-5-3-4-6-17(16)22(29)26-27-7-9-30-10-8-27/h12-14H,3-11H2,1-2H3,(H,25,28)(H,26,29). The summed E-state index contributed by atoms with van der Waals surface area (Å²) in [6, 6.07) is 0. The molecule has 0 aromatic carbocycles. The van der Waals surface area contributed by atoms with Crippen LogP contribution in [0.3, 0.4) is 0 Å². The normalized spacial score (nSPS) is 22.0. The van der Waals surface area contributed by atoms with Crippen molar-refractivity contribution in [3.8, 4) is 0 Å². The number of allylic oxidation sites excluding steroid dienone is 4. The van der Waals surface area contributed by atoms with Gasteiger partial charge in [-0.3, -0.25) is 15.0 Å². The number of nitrogens with one attached hydrogen (secondary N) is 2. The zero-order chi connectivity index (χ0) is 22.4. The molecule has 0 radical (unpaired) electrons. The van der Waals surface area contributed by atoms with Crippen molar-refractivity contribution in [2.45, 2.75) is 52.1 Å². The zero-order valence-electron chi connectivity index (χ0n) is 17.9. The molecule has 2 amide bonds. The van der Waals surface area contributed by atoms with Gasteiger partial charge in [-0.2, -0.15) is 0 Å². The summed E-state index contributed by atoms with van der Waals surface area (Å²) in [6.45, 7) is 6.03. The molecule has 3 rings (SSSR count). The highest BCUT2D eigenvalue weighted by Crippen LogP contribution is 2.32. The van der Waals surface area contributed by atoms with Gasteiger partial charge in [0.25, 0.3) is 11.8 Å². The largest absolute Gasteiger partial charge is 0.498 e. The second-order valence-corrected chi connectivity index (χ2v) is 8.39. The van der Waals surface area contributed by atoms with E-state index in [4.69, 9.17) is 21.1 Å². The number of morpholine rings is 1. The maximum Gasteiger partial charge on any atom is 0.261 e. The molecular formula is C22H29ClFN3O4. The van der Waals surface area contributed by atoms with E-state index in [0.717, 1.165) is 18.9 Å². The monoisotopic (exact) mass is 453 g/mol. The summed E-state index contributed by atoms with van der Waals surface area (Å²) in [7, 11) is 0. The molecule has 0 aromatic heterocycles. The number of carbonyl (C=O) groups excluding carboxylic acids is 2. The average molecular weight is 454 g/mol. The van der Waals surface area contributed by atoms with Gasteiger partial charge in [0.2, 0.25) is 0 Å². The Labute approximate surface area is 186 Å². The van der Waals surface area contributed by atoms with Crippen LogP contribution in [0.2, 0.25) is 0 Å². The third-order valence-corrected chi connectivity index (χ3v) is 5.60. The fourth-order valence-corrected chi connectivity index (χ4v) is 3.78. The third-order valence-electron chi connectivity index (χ3n) is 5.25. The Hall–Kier alpha value is -2.16. The van der Waals surface area contributed by atoms with Crippen LogP contribution in [0.5, 0.6) is 0 Å². The summed E-state index contributed by atoms with van der Waals surface area (Å²) < 4.78 is 25.2. The number of hydrogen-bond donors (Lipinski definition) is 2. The highest BCUT2D eigenvalue weighted by atomic mass is 35.5. The van der Waals surface area contributed by atoms with E-state index in [1.54, 1.807) is 5.01 Å². The van der Waals surface area contributed by atoms with Crippen molar-refractivity contribution in [3.05, 3.63) is 45.6 Å². The number of carbonyl (C=O) groups is 2. The van der Waals surface area contributed by atoms with Crippen LogP contribution in [0, 0.1) is 0 Å². The summed E-state index contributed by atoms with van der Waals surface area (Å²) in [6.07, 6.45) is 5.32. The molecule has 170 valence electrons. The van der Waals surface area contributed by atoms with Crippen molar-refractivity contribution in [1.29, 1.82) is 0 Å².